The van der Waals surface area contributed by atoms with E-state index in [4.69, 9.17) is 11.6 Å². The summed E-state index contributed by atoms with van der Waals surface area (Å²) in [6.07, 6.45) is 7.49. The summed E-state index contributed by atoms with van der Waals surface area (Å²) in [6, 6.07) is 19.2. The maximum Gasteiger partial charge on any atom is 0.171 e. The maximum atomic E-state index is 12.9. The minimum Gasteiger partial charge on any atom is -0.355 e. The minimum absolute atomic E-state index is 0.0222. The molecule has 2 aromatic carbocycles. The van der Waals surface area contributed by atoms with Crippen molar-refractivity contribution in [2.24, 2.45) is 5.92 Å². The number of anilines is 1. The van der Waals surface area contributed by atoms with Gasteiger partial charge in [0.05, 0.1) is 16.3 Å². The van der Waals surface area contributed by atoms with Gasteiger partial charge in [0.2, 0.25) is 0 Å². The van der Waals surface area contributed by atoms with E-state index in [1.54, 1.807) is 6.20 Å². The SMILES string of the molecule is CC1(Cl)C=C(Nc2ccnc3ccccc23)C=CC1C(=O)c1ccccc1. The molecule has 0 aliphatic heterocycles. The van der Waals surface area contributed by atoms with Crippen LogP contribution in [0.15, 0.2) is 90.8 Å². The summed E-state index contributed by atoms with van der Waals surface area (Å²) in [6.45, 7) is 1.87. The number of aromatic nitrogens is 1. The van der Waals surface area contributed by atoms with Crippen molar-refractivity contribution in [3.63, 3.8) is 0 Å². The Morgan fingerprint density at radius 3 is 2.59 bits per heavy atom. The predicted octanol–water partition coefficient (Wildman–Crippen LogP) is 5.60. The van der Waals surface area contributed by atoms with Crippen LogP contribution in [0, 0.1) is 5.92 Å². The summed E-state index contributed by atoms with van der Waals surface area (Å²) in [5, 5.41) is 4.45. The molecule has 0 saturated heterocycles. The Morgan fingerprint density at radius 2 is 1.81 bits per heavy atom. The van der Waals surface area contributed by atoms with Gasteiger partial charge in [0.25, 0.3) is 0 Å². The lowest BCUT2D eigenvalue weighted by Crippen LogP contribution is -2.34. The molecule has 0 spiro atoms. The van der Waals surface area contributed by atoms with Crippen LogP contribution in [0.25, 0.3) is 10.9 Å². The minimum atomic E-state index is -0.813. The molecule has 0 bridgehead atoms. The van der Waals surface area contributed by atoms with Crippen molar-refractivity contribution < 1.29 is 4.79 Å². The molecule has 1 aromatic heterocycles. The Morgan fingerprint density at radius 1 is 1.07 bits per heavy atom. The molecule has 0 saturated carbocycles. The van der Waals surface area contributed by atoms with E-state index in [1.807, 2.05) is 85.8 Å². The van der Waals surface area contributed by atoms with Gasteiger partial charge in [0.15, 0.2) is 5.78 Å². The van der Waals surface area contributed by atoms with Crippen LogP contribution in [0.1, 0.15) is 17.3 Å². The number of hydrogen-bond acceptors (Lipinski definition) is 3. The van der Waals surface area contributed by atoms with Gasteiger partial charge in [-0.1, -0.05) is 54.6 Å². The van der Waals surface area contributed by atoms with Crippen molar-refractivity contribution in [2.45, 2.75) is 11.8 Å². The number of fused-ring (bicyclic) bond motifs is 1. The fraction of sp³-hybridized carbons (Fsp3) is 0.130. The monoisotopic (exact) mass is 374 g/mol. The molecule has 1 N–H and O–H groups in total. The standard InChI is InChI=1S/C23H19ClN2O/c1-23(24)15-17(11-12-19(23)22(27)16-7-3-2-4-8-16)26-21-13-14-25-20-10-6-5-9-18(20)21/h2-15,19H,1H3,(H,25,26). The van der Waals surface area contributed by atoms with Crippen molar-refractivity contribution >= 4 is 34.0 Å². The number of rotatable bonds is 4. The highest BCUT2D eigenvalue weighted by molar-refractivity contribution is 6.28. The maximum absolute atomic E-state index is 12.9. The van der Waals surface area contributed by atoms with Crippen LogP contribution in [0.2, 0.25) is 0 Å². The summed E-state index contributed by atoms with van der Waals surface area (Å²) in [5.41, 5.74) is 3.41. The number of benzene rings is 2. The molecule has 0 fully saturated rings. The molecule has 0 amide bonds. The fourth-order valence-corrected chi connectivity index (χ4v) is 3.68. The van der Waals surface area contributed by atoms with Gasteiger partial charge in [-0.2, -0.15) is 0 Å². The van der Waals surface area contributed by atoms with Crippen LogP contribution >= 0.6 is 11.6 Å². The molecule has 134 valence electrons. The summed E-state index contributed by atoms with van der Waals surface area (Å²) in [5.74, 6) is -0.393. The molecule has 27 heavy (non-hydrogen) atoms. The highest BCUT2D eigenvalue weighted by Crippen LogP contribution is 2.36. The molecule has 1 aliphatic carbocycles. The van der Waals surface area contributed by atoms with Gasteiger partial charge < -0.3 is 5.32 Å². The average Bonchev–Trinajstić information content (AvgIpc) is 2.68. The molecule has 2 atom stereocenters. The molecular weight excluding hydrogens is 356 g/mol. The summed E-state index contributed by atoms with van der Waals surface area (Å²) in [4.78, 5) is 16.4. The van der Waals surface area contributed by atoms with Gasteiger partial charge in [-0.25, -0.2) is 0 Å². The van der Waals surface area contributed by atoms with E-state index in [2.05, 4.69) is 10.3 Å². The topological polar surface area (TPSA) is 42.0 Å². The highest BCUT2D eigenvalue weighted by Gasteiger charge is 2.36. The molecule has 0 radical (unpaired) electrons. The molecule has 2 unspecified atom stereocenters. The van der Waals surface area contributed by atoms with E-state index in [0.29, 0.717) is 5.56 Å². The van der Waals surface area contributed by atoms with Gasteiger partial charge in [-0.15, -0.1) is 11.6 Å². The zero-order valence-corrected chi connectivity index (χ0v) is 15.6. The van der Waals surface area contributed by atoms with E-state index in [0.717, 1.165) is 22.3 Å². The second-order valence-corrected chi connectivity index (χ2v) is 7.63. The number of Topliss-reactive ketones (excluding diaryl/α,β-unsaturated/α-hetero) is 1. The number of hydrogen-bond donors (Lipinski definition) is 1. The van der Waals surface area contributed by atoms with Crippen molar-refractivity contribution in [3.8, 4) is 0 Å². The Hall–Kier alpha value is -2.91. The van der Waals surface area contributed by atoms with Crippen LogP contribution in [-0.2, 0) is 0 Å². The third-order valence-corrected chi connectivity index (χ3v) is 5.13. The number of carbonyl (C=O) groups excluding carboxylic acids is 1. The van der Waals surface area contributed by atoms with Gasteiger partial charge in [0, 0.05) is 28.5 Å². The second-order valence-electron chi connectivity index (χ2n) is 6.82. The number of nitrogens with zero attached hydrogens (tertiary/aromatic N) is 1. The first kappa shape index (κ1) is 17.5. The van der Waals surface area contributed by atoms with E-state index in [1.165, 1.54) is 0 Å². The van der Waals surface area contributed by atoms with Crippen LogP contribution in [0.4, 0.5) is 5.69 Å². The van der Waals surface area contributed by atoms with Crippen LogP contribution in [-0.4, -0.2) is 15.6 Å². The zero-order chi connectivity index (χ0) is 18.9. The number of ketones is 1. The normalized spacial score (nSPS) is 21.7. The third kappa shape index (κ3) is 3.51. The van der Waals surface area contributed by atoms with E-state index in [9.17, 15) is 4.79 Å². The Balaban J connectivity index is 1.61. The molecule has 4 rings (SSSR count). The molecule has 3 nitrogen and oxygen atoms in total. The average molecular weight is 375 g/mol. The van der Waals surface area contributed by atoms with Crippen molar-refractivity contribution in [1.29, 1.82) is 0 Å². The lowest BCUT2D eigenvalue weighted by Gasteiger charge is -2.30. The van der Waals surface area contributed by atoms with Gasteiger partial charge in [-0.3, -0.25) is 9.78 Å². The predicted molar refractivity (Wildman–Crippen MR) is 111 cm³/mol. The number of pyridine rings is 1. The molecule has 1 aliphatic rings. The summed E-state index contributed by atoms with van der Waals surface area (Å²) >= 11 is 6.76. The third-order valence-electron chi connectivity index (χ3n) is 4.78. The summed E-state index contributed by atoms with van der Waals surface area (Å²) < 4.78 is 0. The van der Waals surface area contributed by atoms with E-state index < -0.39 is 10.8 Å². The number of para-hydroxylation sites is 1. The quantitative estimate of drug-likeness (QED) is 0.477. The first-order chi connectivity index (χ1) is 13.0. The van der Waals surface area contributed by atoms with Gasteiger partial charge in [0.1, 0.15) is 0 Å². The van der Waals surface area contributed by atoms with E-state index >= 15 is 0 Å². The van der Waals surface area contributed by atoms with Crippen molar-refractivity contribution in [3.05, 3.63) is 96.3 Å². The first-order valence-electron chi connectivity index (χ1n) is 8.84. The largest absolute Gasteiger partial charge is 0.355 e. The number of alkyl halides is 1. The lowest BCUT2D eigenvalue weighted by molar-refractivity contribution is 0.0932. The zero-order valence-electron chi connectivity index (χ0n) is 14.9. The lowest BCUT2D eigenvalue weighted by atomic mass is 9.82. The number of halogens is 1. The molecule has 4 heteroatoms. The Labute approximate surface area is 163 Å². The van der Waals surface area contributed by atoms with Crippen LogP contribution in [0.5, 0.6) is 0 Å². The molecular formula is C23H19ClN2O. The second kappa shape index (κ2) is 7.01. The number of carbonyl (C=O) groups is 1. The van der Waals surface area contributed by atoms with Crippen molar-refractivity contribution in [2.75, 3.05) is 5.32 Å². The summed E-state index contributed by atoms with van der Waals surface area (Å²) in [7, 11) is 0. The van der Waals surface area contributed by atoms with Gasteiger partial charge >= 0.3 is 0 Å². The Bertz CT molecular complexity index is 1050. The molecule has 1 heterocycles. The van der Waals surface area contributed by atoms with Crippen LogP contribution < -0.4 is 5.32 Å². The van der Waals surface area contributed by atoms with E-state index in [-0.39, 0.29) is 5.78 Å². The number of allylic oxidation sites excluding steroid dienone is 3. The molecule has 3 aromatic rings. The fourth-order valence-electron chi connectivity index (χ4n) is 3.39. The van der Waals surface area contributed by atoms with Crippen molar-refractivity contribution in [1.82, 2.24) is 4.98 Å². The van der Waals surface area contributed by atoms with Gasteiger partial charge in [-0.05, 0) is 31.2 Å². The number of nitrogens with one attached hydrogen (secondary N) is 1. The first-order valence-corrected chi connectivity index (χ1v) is 9.22. The smallest absolute Gasteiger partial charge is 0.171 e. The Kier molecular flexibility index (Phi) is 4.54. The highest BCUT2D eigenvalue weighted by atomic mass is 35.5. The van der Waals surface area contributed by atoms with Crippen LogP contribution in [0.3, 0.4) is 0 Å².